The zero-order chi connectivity index (χ0) is 12.4. The van der Waals surface area contributed by atoms with Crippen molar-refractivity contribution in [3.63, 3.8) is 0 Å². The minimum atomic E-state index is -0.296. The molecule has 0 bridgehead atoms. The summed E-state index contributed by atoms with van der Waals surface area (Å²) in [6.45, 7) is 5.22. The van der Waals surface area contributed by atoms with Crippen LogP contribution in [0.25, 0.3) is 0 Å². The third-order valence-electron chi connectivity index (χ3n) is 2.21. The fourth-order valence-electron chi connectivity index (χ4n) is 1.45. The molecule has 4 heteroatoms. The van der Waals surface area contributed by atoms with Gasteiger partial charge >= 0.3 is 11.9 Å². The molecule has 0 aliphatic carbocycles. The molecule has 0 amide bonds. The van der Waals surface area contributed by atoms with Crippen molar-refractivity contribution in [2.45, 2.75) is 59.0 Å². The summed E-state index contributed by atoms with van der Waals surface area (Å²) in [5, 5.41) is 0. The summed E-state index contributed by atoms with van der Waals surface area (Å²) in [4.78, 5) is 21.4. The topological polar surface area (TPSA) is 52.6 Å². The summed E-state index contributed by atoms with van der Waals surface area (Å²) in [7, 11) is 0. The molecule has 0 N–H and O–H groups in total. The fraction of sp³-hybridized carbons (Fsp3) is 0.833. The van der Waals surface area contributed by atoms with Gasteiger partial charge in [0.15, 0.2) is 0 Å². The highest BCUT2D eigenvalue weighted by Crippen LogP contribution is 2.10. The molecule has 4 nitrogen and oxygen atoms in total. The van der Waals surface area contributed by atoms with Crippen LogP contribution in [0.4, 0.5) is 0 Å². The van der Waals surface area contributed by atoms with Gasteiger partial charge in [0.1, 0.15) is 6.10 Å². The van der Waals surface area contributed by atoms with Crippen molar-refractivity contribution in [2.75, 3.05) is 6.61 Å². The van der Waals surface area contributed by atoms with Crippen LogP contribution in [0.5, 0.6) is 0 Å². The SMILES string of the molecule is CCCCC[C@@H](CCOC(C)=O)OC(C)=O. The molecular weight excluding hydrogens is 208 g/mol. The van der Waals surface area contributed by atoms with E-state index in [-0.39, 0.29) is 18.0 Å². The van der Waals surface area contributed by atoms with Crippen LogP contribution in [0, 0.1) is 0 Å². The van der Waals surface area contributed by atoms with Crippen LogP contribution in [-0.4, -0.2) is 24.6 Å². The van der Waals surface area contributed by atoms with Crippen molar-refractivity contribution in [1.29, 1.82) is 0 Å². The zero-order valence-corrected chi connectivity index (χ0v) is 10.5. The first-order valence-electron chi connectivity index (χ1n) is 5.86. The highest BCUT2D eigenvalue weighted by atomic mass is 16.6. The second-order valence-electron chi connectivity index (χ2n) is 3.86. The standard InChI is InChI=1S/C12H22O4/c1-4-5-6-7-12(16-11(3)14)8-9-15-10(2)13/h12H,4-9H2,1-3H3/t12-/m0/s1. The van der Waals surface area contributed by atoms with Crippen LogP contribution >= 0.6 is 0 Å². The number of rotatable bonds is 8. The van der Waals surface area contributed by atoms with Crippen molar-refractivity contribution in [3.05, 3.63) is 0 Å². The number of carbonyl (C=O) groups excluding carboxylic acids is 2. The van der Waals surface area contributed by atoms with E-state index in [0.29, 0.717) is 13.0 Å². The molecule has 0 saturated carbocycles. The minimum absolute atomic E-state index is 0.122. The maximum atomic E-state index is 10.9. The highest BCUT2D eigenvalue weighted by molar-refractivity contribution is 5.66. The quantitative estimate of drug-likeness (QED) is 0.475. The van der Waals surface area contributed by atoms with E-state index in [1.54, 1.807) is 0 Å². The summed E-state index contributed by atoms with van der Waals surface area (Å²) in [5.41, 5.74) is 0. The maximum absolute atomic E-state index is 10.9. The van der Waals surface area contributed by atoms with E-state index >= 15 is 0 Å². The van der Waals surface area contributed by atoms with Crippen LogP contribution in [0.1, 0.15) is 52.9 Å². The van der Waals surface area contributed by atoms with Crippen molar-refractivity contribution in [3.8, 4) is 0 Å². The monoisotopic (exact) mass is 230 g/mol. The Bertz CT molecular complexity index is 213. The Labute approximate surface area is 97.3 Å². The molecule has 0 spiro atoms. The van der Waals surface area contributed by atoms with Crippen molar-refractivity contribution in [2.24, 2.45) is 0 Å². The van der Waals surface area contributed by atoms with E-state index in [2.05, 4.69) is 6.92 Å². The first kappa shape index (κ1) is 14.9. The fourth-order valence-corrected chi connectivity index (χ4v) is 1.45. The Morgan fingerprint density at radius 1 is 1.06 bits per heavy atom. The minimum Gasteiger partial charge on any atom is -0.466 e. The predicted molar refractivity (Wildman–Crippen MR) is 60.9 cm³/mol. The molecule has 0 heterocycles. The Morgan fingerprint density at radius 2 is 1.75 bits per heavy atom. The molecule has 1 atom stereocenters. The largest absolute Gasteiger partial charge is 0.466 e. The van der Waals surface area contributed by atoms with Gasteiger partial charge in [-0.15, -0.1) is 0 Å². The van der Waals surface area contributed by atoms with Gasteiger partial charge in [-0.1, -0.05) is 19.8 Å². The number of unbranched alkanes of at least 4 members (excludes halogenated alkanes) is 2. The molecule has 94 valence electrons. The zero-order valence-electron chi connectivity index (χ0n) is 10.5. The average molecular weight is 230 g/mol. The lowest BCUT2D eigenvalue weighted by Gasteiger charge is -2.16. The van der Waals surface area contributed by atoms with Gasteiger partial charge in [0.05, 0.1) is 6.61 Å². The number of esters is 2. The number of ether oxygens (including phenoxy) is 2. The Morgan fingerprint density at radius 3 is 2.25 bits per heavy atom. The Kier molecular flexibility index (Phi) is 8.58. The van der Waals surface area contributed by atoms with Crippen LogP contribution in [0.2, 0.25) is 0 Å². The molecule has 0 rings (SSSR count). The van der Waals surface area contributed by atoms with Crippen molar-refractivity contribution in [1.82, 2.24) is 0 Å². The van der Waals surface area contributed by atoms with E-state index in [1.807, 2.05) is 0 Å². The molecule has 0 aliphatic rings. The molecule has 0 fully saturated rings. The number of hydrogen-bond donors (Lipinski definition) is 0. The Balaban J connectivity index is 3.80. The maximum Gasteiger partial charge on any atom is 0.302 e. The van der Waals surface area contributed by atoms with E-state index < -0.39 is 0 Å². The van der Waals surface area contributed by atoms with E-state index in [4.69, 9.17) is 9.47 Å². The second kappa shape index (κ2) is 9.19. The summed E-state index contributed by atoms with van der Waals surface area (Å²) < 4.78 is 9.98. The molecule has 0 aromatic rings. The van der Waals surface area contributed by atoms with E-state index in [1.165, 1.54) is 13.8 Å². The number of hydrogen-bond acceptors (Lipinski definition) is 4. The lowest BCUT2D eigenvalue weighted by atomic mass is 10.1. The molecular formula is C12H22O4. The molecule has 0 radical (unpaired) electrons. The first-order chi connectivity index (χ1) is 7.56. The summed E-state index contributed by atoms with van der Waals surface area (Å²) in [5.74, 6) is -0.570. The van der Waals surface area contributed by atoms with Gasteiger partial charge < -0.3 is 9.47 Å². The summed E-state index contributed by atoms with van der Waals surface area (Å²) in [6, 6.07) is 0. The molecule has 16 heavy (non-hydrogen) atoms. The van der Waals surface area contributed by atoms with Crippen LogP contribution < -0.4 is 0 Å². The van der Waals surface area contributed by atoms with Gasteiger partial charge in [0.2, 0.25) is 0 Å². The average Bonchev–Trinajstić information content (AvgIpc) is 2.16. The van der Waals surface area contributed by atoms with Gasteiger partial charge in [-0.3, -0.25) is 9.59 Å². The van der Waals surface area contributed by atoms with E-state index in [9.17, 15) is 9.59 Å². The lowest BCUT2D eigenvalue weighted by molar-refractivity contribution is -0.148. The third kappa shape index (κ3) is 9.49. The lowest BCUT2D eigenvalue weighted by Crippen LogP contribution is -2.19. The molecule has 0 unspecified atom stereocenters. The summed E-state index contributed by atoms with van der Waals surface area (Å²) >= 11 is 0. The van der Waals surface area contributed by atoms with Gasteiger partial charge in [-0.05, 0) is 12.8 Å². The highest BCUT2D eigenvalue weighted by Gasteiger charge is 2.12. The molecule has 0 saturated heterocycles. The van der Waals surface area contributed by atoms with Crippen molar-refractivity contribution < 1.29 is 19.1 Å². The van der Waals surface area contributed by atoms with Crippen LogP contribution in [0.3, 0.4) is 0 Å². The molecule has 0 aromatic heterocycles. The normalized spacial score (nSPS) is 11.9. The van der Waals surface area contributed by atoms with E-state index in [0.717, 1.165) is 25.7 Å². The van der Waals surface area contributed by atoms with Crippen LogP contribution in [-0.2, 0) is 19.1 Å². The van der Waals surface area contributed by atoms with Crippen molar-refractivity contribution >= 4 is 11.9 Å². The Hall–Kier alpha value is -1.06. The molecule has 0 aliphatic heterocycles. The second-order valence-corrected chi connectivity index (χ2v) is 3.86. The smallest absolute Gasteiger partial charge is 0.302 e. The van der Waals surface area contributed by atoms with Crippen LogP contribution in [0.15, 0.2) is 0 Å². The predicted octanol–water partition coefficient (Wildman–Crippen LogP) is 2.45. The van der Waals surface area contributed by atoms with Gasteiger partial charge in [0, 0.05) is 20.3 Å². The van der Waals surface area contributed by atoms with Gasteiger partial charge in [0.25, 0.3) is 0 Å². The summed E-state index contributed by atoms with van der Waals surface area (Å²) in [6.07, 6.45) is 4.61. The van der Waals surface area contributed by atoms with Gasteiger partial charge in [-0.2, -0.15) is 0 Å². The molecule has 0 aromatic carbocycles. The third-order valence-corrected chi connectivity index (χ3v) is 2.21. The van der Waals surface area contributed by atoms with Gasteiger partial charge in [-0.25, -0.2) is 0 Å². The number of carbonyl (C=O) groups is 2. The first-order valence-corrected chi connectivity index (χ1v) is 5.86.